The number of imidazole rings is 1. The largest absolute Gasteiger partial charge is 0.304 e. The van der Waals surface area contributed by atoms with Gasteiger partial charge in [-0.1, -0.05) is 36.3 Å². The molecule has 0 radical (unpaired) electrons. The van der Waals surface area contributed by atoms with Gasteiger partial charge in [0, 0.05) is 56.5 Å². The second-order valence-electron chi connectivity index (χ2n) is 10.7. The van der Waals surface area contributed by atoms with Crippen molar-refractivity contribution < 1.29 is 4.79 Å². The monoisotopic (exact) mass is 503 g/mol. The number of benzene rings is 2. The predicted molar refractivity (Wildman–Crippen MR) is 149 cm³/mol. The summed E-state index contributed by atoms with van der Waals surface area (Å²) < 4.78 is 1.72. The number of Topliss-reactive ketones (excluding diaryl/α,β-unsaturated/α-hetero) is 1. The van der Waals surface area contributed by atoms with Crippen molar-refractivity contribution in [3.8, 4) is 11.8 Å². The number of carbonyl (C=O) groups is 1. The number of hydrogen-bond donors (Lipinski definition) is 0. The first kappa shape index (κ1) is 24.5. The van der Waals surface area contributed by atoms with Crippen LogP contribution in [0.2, 0.25) is 0 Å². The number of carbonyl (C=O) groups excluding carboxylic acids is 1. The third-order valence-corrected chi connectivity index (χ3v) is 7.74. The van der Waals surface area contributed by atoms with Crippen LogP contribution in [0, 0.1) is 18.8 Å². The topological polar surface area (TPSA) is 53.7 Å². The van der Waals surface area contributed by atoms with Gasteiger partial charge in [-0.3, -0.25) is 9.69 Å². The van der Waals surface area contributed by atoms with Crippen LogP contribution in [0.4, 0.5) is 0 Å². The molecule has 0 unspecified atom stereocenters. The zero-order valence-corrected chi connectivity index (χ0v) is 22.2. The molecule has 0 bridgehead atoms. The fourth-order valence-electron chi connectivity index (χ4n) is 5.18. The lowest BCUT2D eigenvalue weighted by Crippen LogP contribution is -2.44. The van der Waals surface area contributed by atoms with Gasteiger partial charge < -0.3 is 4.90 Å². The number of likely N-dealkylation sites (N-methyl/N-ethyl adjacent to an activating group) is 1. The van der Waals surface area contributed by atoms with Crippen molar-refractivity contribution in [2.24, 2.45) is 0 Å². The first-order chi connectivity index (χ1) is 18.5. The minimum absolute atomic E-state index is 0.123. The van der Waals surface area contributed by atoms with Crippen molar-refractivity contribution in [3.63, 3.8) is 0 Å². The Morgan fingerprint density at radius 1 is 1.03 bits per heavy atom. The molecular formula is C32H33N5O. The Morgan fingerprint density at radius 2 is 1.87 bits per heavy atom. The molecule has 0 N–H and O–H groups in total. The van der Waals surface area contributed by atoms with E-state index < -0.39 is 0 Å². The zero-order valence-electron chi connectivity index (χ0n) is 22.2. The molecule has 2 aromatic carbocycles. The summed E-state index contributed by atoms with van der Waals surface area (Å²) in [5.41, 5.74) is 8.06. The molecule has 6 rings (SSSR count). The molecule has 192 valence electrons. The SMILES string of the molecule is Cc1ccc(C(=O)Cc2ccc(CN3CCN(C)CC3)c(C3CC3)c2)cc1C#Cc1cnc2cccnn12. The van der Waals surface area contributed by atoms with Crippen molar-refractivity contribution >= 4 is 11.4 Å². The molecule has 4 aromatic rings. The van der Waals surface area contributed by atoms with E-state index in [0.29, 0.717) is 17.9 Å². The summed E-state index contributed by atoms with van der Waals surface area (Å²) in [4.78, 5) is 22.6. The van der Waals surface area contributed by atoms with E-state index in [4.69, 9.17) is 0 Å². The lowest BCUT2D eigenvalue weighted by atomic mass is 9.94. The van der Waals surface area contributed by atoms with Gasteiger partial charge in [0.15, 0.2) is 11.4 Å². The summed E-state index contributed by atoms with van der Waals surface area (Å²) in [7, 11) is 2.20. The van der Waals surface area contributed by atoms with E-state index in [-0.39, 0.29) is 5.78 Å². The highest BCUT2D eigenvalue weighted by atomic mass is 16.1. The Kier molecular flexibility index (Phi) is 6.80. The molecule has 6 heteroatoms. The summed E-state index contributed by atoms with van der Waals surface area (Å²) in [6, 6.07) is 16.3. The minimum atomic E-state index is 0.123. The van der Waals surface area contributed by atoms with Crippen LogP contribution in [0.15, 0.2) is 60.9 Å². The number of aryl methyl sites for hydroxylation is 1. The molecule has 0 atom stereocenters. The van der Waals surface area contributed by atoms with Crippen molar-refractivity contribution in [2.75, 3.05) is 33.2 Å². The van der Waals surface area contributed by atoms with E-state index in [9.17, 15) is 4.79 Å². The van der Waals surface area contributed by atoms with Gasteiger partial charge >= 0.3 is 0 Å². The molecule has 2 aromatic heterocycles. The summed E-state index contributed by atoms with van der Waals surface area (Å²) >= 11 is 0. The van der Waals surface area contributed by atoms with E-state index in [1.165, 1.54) is 24.0 Å². The molecule has 0 spiro atoms. The lowest BCUT2D eigenvalue weighted by Gasteiger charge is -2.32. The first-order valence-corrected chi connectivity index (χ1v) is 13.5. The molecule has 3 heterocycles. The molecule has 6 nitrogen and oxygen atoms in total. The smallest absolute Gasteiger partial charge is 0.167 e. The fourth-order valence-corrected chi connectivity index (χ4v) is 5.18. The highest BCUT2D eigenvalue weighted by molar-refractivity contribution is 5.98. The Hall–Kier alpha value is -3.79. The number of hydrogen-bond acceptors (Lipinski definition) is 5. The number of ketones is 1. The summed E-state index contributed by atoms with van der Waals surface area (Å²) in [5, 5.41) is 4.33. The van der Waals surface area contributed by atoms with Gasteiger partial charge in [0.25, 0.3) is 0 Å². The quantitative estimate of drug-likeness (QED) is 0.287. The summed E-state index contributed by atoms with van der Waals surface area (Å²) in [6.07, 6.45) is 6.37. The average Bonchev–Trinajstić information content (AvgIpc) is 3.70. The van der Waals surface area contributed by atoms with Crippen LogP contribution in [-0.2, 0) is 13.0 Å². The van der Waals surface area contributed by atoms with Gasteiger partial charge in [-0.2, -0.15) is 5.10 Å². The second kappa shape index (κ2) is 10.5. The van der Waals surface area contributed by atoms with Crippen LogP contribution in [0.5, 0.6) is 0 Å². The van der Waals surface area contributed by atoms with Gasteiger partial charge in [-0.15, -0.1) is 0 Å². The Bertz CT molecular complexity index is 1550. The number of fused-ring (bicyclic) bond motifs is 1. The van der Waals surface area contributed by atoms with Gasteiger partial charge in [0.1, 0.15) is 5.69 Å². The number of nitrogens with zero attached hydrogens (tertiary/aromatic N) is 5. The third kappa shape index (κ3) is 5.40. The van der Waals surface area contributed by atoms with E-state index in [0.717, 1.165) is 60.8 Å². The van der Waals surface area contributed by atoms with Crippen molar-refractivity contribution in [1.82, 2.24) is 24.4 Å². The lowest BCUT2D eigenvalue weighted by molar-refractivity contribution is 0.0993. The molecule has 38 heavy (non-hydrogen) atoms. The maximum absolute atomic E-state index is 13.3. The predicted octanol–water partition coefficient (Wildman–Crippen LogP) is 4.49. The van der Waals surface area contributed by atoms with Crippen LogP contribution in [0.3, 0.4) is 0 Å². The van der Waals surface area contributed by atoms with Crippen LogP contribution in [-0.4, -0.2) is 63.4 Å². The Morgan fingerprint density at radius 3 is 2.68 bits per heavy atom. The zero-order chi connectivity index (χ0) is 26.1. The van der Waals surface area contributed by atoms with E-state index in [2.05, 4.69) is 57.0 Å². The van der Waals surface area contributed by atoms with Crippen molar-refractivity contribution in [1.29, 1.82) is 0 Å². The molecular weight excluding hydrogens is 470 g/mol. The molecule has 1 aliphatic heterocycles. The van der Waals surface area contributed by atoms with Gasteiger partial charge in [-0.05, 0) is 79.1 Å². The third-order valence-electron chi connectivity index (χ3n) is 7.74. The number of aromatic nitrogens is 3. The molecule has 1 saturated carbocycles. The highest BCUT2D eigenvalue weighted by Gasteiger charge is 2.27. The maximum atomic E-state index is 13.3. The van der Waals surface area contributed by atoms with Gasteiger partial charge in [0.2, 0.25) is 0 Å². The molecule has 2 aliphatic rings. The van der Waals surface area contributed by atoms with Crippen molar-refractivity contribution in [3.05, 3.63) is 100.0 Å². The van der Waals surface area contributed by atoms with Crippen LogP contribution in [0.1, 0.15) is 62.6 Å². The minimum Gasteiger partial charge on any atom is -0.304 e. The first-order valence-electron chi connectivity index (χ1n) is 13.5. The second-order valence-corrected chi connectivity index (χ2v) is 10.7. The number of piperazine rings is 1. The van der Waals surface area contributed by atoms with Gasteiger partial charge in [-0.25, -0.2) is 9.50 Å². The van der Waals surface area contributed by atoms with Crippen LogP contribution < -0.4 is 0 Å². The van der Waals surface area contributed by atoms with Crippen molar-refractivity contribution in [2.45, 2.75) is 38.6 Å². The Labute approximate surface area is 224 Å². The van der Waals surface area contributed by atoms with Crippen LogP contribution >= 0.6 is 0 Å². The molecule has 0 amide bonds. The van der Waals surface area contributed by atoms with Gasteiger partial charge in [0.05, 0.1) is 6.20 Å². The average molecular weight is 504 g/mol. The normalized spacial score (nSPS) is 16.4. The molecule has 1 aliphatic carbocycles. The highest BCUT2D eigenvalue weighted by Crippen LogP contribution is 2.42. The van der Waals surface area contributed by atoms with Crippen LogP contribution in [0.25, 0.3) is 5.65 Å². The summed E-state index contributed by atoms with van der Waals surface area (Å²) in [5.74, 6) is 7.20. The maximum Gasteiger partial charge on any atom is 0.167 e. The Balaban J connectivity index is 1.19. The molecule has 2 fully saturated rings. The van der Waals surface area contributed by atoms with E-state index >= 15 is 0 Å². The summed E-state index contributed by atoms with van der Waals surface area (Å²) in [6.45, 7) is 7.52. The van der Waals surface area contributed by atoms with E-state index in [1.54, 1.807) is 16.9 Å². The fraction of sp³-hybridized carbons (Fsp3) is 0.344. The molecule has 1 saturated heterocycles. The standard InChI is InChI=1S/C32H33N5O/c1-23-5-7-27(20-26(23)11-12-29-21-33-32-4-3-13-34-37(29)32)31(38)19-24-6-8-28(30(18-24)25-9-10-25)22-36-16-14-35(2)15-17-36/h3-8,13,18,20-21,25H,9-10,14-17,19,22H2,1-2H3. The number of rotatable bonds is 6. The van der Waals surface area contributed by atoms with E-state index in [1.807, 2.05) is 37.3 Å².